The van der Waals surface area contributed by atoms with Crippen LogP contribution in [0.1, 0.15) is 246 Å². The molecule has 30 nitrogen and oxygen atoms in total. The highest BCUT2D eigenvalue weighted by Crippen LogP contribution is 2.37. The number of amides is 3. The Morgan fingerprint density at radius 1 is 0.542 bits per heavy atom. The van der Waals surface area contributed by atoms with Crippen molar-refractivity contribution in [3.63, 3.8) is 0 Å². The van der Waals surface area contributed by atoms with Crippen molar-refractivity contribution < 1.29 is 48.5 Å². The Morgan fingerprint density at radius 3 is 1.31 bits per heavy atom. The van der Waals surface area contributed by atoms with Crippen molar-refractivity contribution in [3.05, 3.63) is 124 Å². The van der Waals surface area contributed by atoms with E-state index < -0.39 is 35.3 Å². The number of carbonyl (C=O) groups excluding carboxylic acids is 4. The number of ether oxygens (including phenoxy) is 2. The number of aromatic nitrogens is 12. The van der Waals surface area contributed by atoms with Gasteiger partial charge in [-0.1, -0.05) is 37.3 Å². The number of alkyl carbamates (subject to hydrolysis) is 2. The lowest BCUT2D eigenvalue weighted by Crippen LogP contribution is -2.35. The van der Waals surface area contributed by atoms with Gasteiger partial charge in [0.1, 0.15) is 58.2 Å². The Bertz CT molecular complexity index is 4310. The van der Waals surface area contributed by atoms with E-state index in [1.165, 1.54) is 118 Å². The number of carboxylic acid groups (broad SMARTS) is 2. The Labute approximate surface area is 697 Å². The van der Waals surface area contributed by atoms with Crippen molar-refractivity contribution in [1.29, 1.82) is 0 Å². The van der Waals surface area contributed by atoms with Gasteiger partial charge in [-0.15, -0.1) is 12.8 Å². The number of terminal acetylenes is 2. The molecule has 6 aliphatic rings. The lowest BCUT2D eigenvalue weighted by Gasteiger charge is -2.29. The number of Topliss-reactive ketones (excluding diaryl/α,β-unsaturated/α-hetero) is 1. The number of aliphatic carboxylic acids is 2. The second kappa shape index (κ2) is 49.5. The molecule has 13 rings (SSSR count). The number of pyridine rings is 2. The lowest BCUT2D eigenvalue weighted by molar-refractivity contribution is -0.137. The highest BCUT2D eigenvalue weighted by atomic mass is 16.6. The maximum absolute atomic E-state index is 12.8. The van der Waals surface area contributed by atoms with E-state index in [0.717, 1.165) is 105 Å². The normalized spacial score (nSPS) is 14.2. The third-order valence-electron chi connectivity index (χ3n) is 20.0. The molecule has 7 heterocycles. The SMILES string of the molecule is C#CCN.C#CCNC(=O)CCNC(=O)OC(C)(C)C.CC(C)(C)OC(=O)NCCC(=O)O.CCCc1ncc(C)n1C1CCC1.CN(CC(=O)O)c1nc(-c2ccccn2)nc2c1CCC2.Cc1cnc(CCCC(=O)CN(C)c2nc(-c3ccccn3)nc3c2CCC3)n1C1CCC1.Cc1cnc(CCN)n1C1CCC1.NC1CCC1. The van der Waals surface area contributed by atoms with Crippen LogP contribution in [0.4, 0.5) is 21.2 Å². The molecule has 0 bridgehead atoms. The van der Waals surface area contributed by atoms with E-state index in [1.807, 2.05) is 66.9 Å². The van der Waals surface area contributed by atoms with E-state index in [9.17, 15) is 28.8 Å². The van der Waals surface area contributed by atoms with E-state index in [4.69, 9.17) is 53.3 Å². The number of ketones is 1. The van der Waals surface area contributed by atoms with Crippen molar-refractivity contribution in [1.82, 2.24) is 74.5 Å². The zero-order valence-electron chi connectivity index (χ0n) is 71.8. The van der Waals surface area contributed by atoms with Crippen LogP contribution in [0.15, 0.2) is 67.4 Å². The van der Waals surface area contributed by atoms with Crippen LogP contribution >= 0.6 is 0 Å². The quantitative estimate of drug-likeness (QED) is 0.0233. The molecule has 4 fully saturated rings. The van der Waals surface area contributed by atoms with Crippen LogP contribution in [-0.4, -0.2) is 182 Å². The predicted octanol–water partition coefficient (Wildman–Crippen LogP) is 11.8. The smallest absolute Gasteiger partial charge is 0.407 e. The summed E-state index contributed by atoms with van der Waals surface area (Å²) >= 11 is 0. The molecule has 6 aliphatic carbocycles. The molecule has 4 saturated carbocycles. The number of likely N-dealkylation sites (N-methyl/N-ethyl adjacent to an activating group) is 2. The van der Waals surface area contributed by atoms with Gasteiger partial charge in [0, 0.05) is 154 Å². The minimum absolute atomic E-state index is 0.0783. The summed E-state index contributed by atoms with van der Waals surface area (Å²) in [4.78, 5) is 112. The molecule has 3 amide bonds. The van der Waals surface area contributed by atoms with Gasteiger partial charge in [-0.25, -0.2) is 44.5 Å². The van der Waals surface area contributed by atoms with E-state index in [-0.39, 0.29) is 50.7 Å². The molecule has 0 radical (unpaired) electrons. The van der Waals surface area contributed by atoms with Gasteiger partial charge in [0.2, 0.25) is 5.91 Å². The maximum Gasteiger partial charge on any atom is 0.407 e. The topological polar surface area (TPSA) is 413 Å². The first-order valence-electron chi connectivity index (χ1n) is 41.7. The number of hydrogen-bond donors (Lipinski definition) is 8. The second-order valence-corrected chi connectivity index (χ2v) is 32.2. The third kappa shape index (κ3) is 32.7. The molecular weight excluding hydrogens is 1500 g/mol. The monoisotopic (exact) mass is 1630 g/mol. The number of hydrogen-bond acceptors (Lipinski definition) is 22. The van der Waals surface area contributed by atoms with Gasteiger partial charge in [0.05, 0.1) is 26.1 Å². The molecule has 0 aromatic carbocycles. The lowest BCUT2D eigenvalue weighted by atomic mass is 9.92. The Morgan fingerprint density at radius 2 is 0.958 bits per heavy atom. The van der Waals surface area contributed by atoms with Gasteiger partial charge in [0.15, 0.2) is 17.4 Å². The molecular formula is C88H130N20O10. The largest absolute Gasteiger partial charge is 0.481 e. The van der Waals surface area contributed by atoms with Crippen molar-refractivity contribution in [2.45, 2.75) is 272 Å². The van der Waals surface area contributed by atoms with Crippen molar-refractivity contribution in [2.24, 2.45) is 17.2 Å². The average molecular weight is 1630 g/mol. The number of imidazole rings is 3. The first kappa shape index (κ1) is 96.2. The van der Waals surface area contributed by atoms with Crippen LogP contribution in [0, 0.1) is 45.5 Å². The first-order chi connectivity index (χ1) is 56.4. The van der Waals surface area contributed by atoms with E-state index in [0.29, 0.717) is 67.3 Å². The van der Waals surface area contributed by atoms with Gasteiger partial charge in [-0.2, -0.15) is 0 Å². The number of fused-ring (bicyclic) bond motifs is 2. The number of rotatable bonds is 26. The minimum atomic E-state index is -0.948. The number of nitrogens with one attached hydrogen (secondary N) is 3. The summed E-state index contributed by atoms with van der Waals surface area (Å²) in [7, 11) is 3.71. The number of nitrogens with two attached hydrogens (primary N) is 3. The first-order valence-corrected chi connectivity index (χ1v) is 41.7. The van der Waals surface area contributed by atoms with Crippen molar-refractivity contribution in [3.8, 4) is 47.7 Å². The number of aryl methyl sites for hydroxylation is 7. The van der Waals surface area contributed by atoms with Gasteiger partial charge in [0.25, 0.3) is 0 Å². The summed E-state index contributed by atoms with van der Waals surface area (Å²) < 4.78 is 17.1. The molecule has 642 valence electrons. The third-order valence-corrected chi connectivity index (χ3v) is 20.0. The fraction of sp³-hybridized carbons (Fsp3) is 0.580. The van der Waals surface area contributed by atoms with Gasteiger partial charge in [-0.05, 0) is 215 Å². The number of carbonyl (C=O) groups is 6. The van der Waals surface area contributed by atoms with Gasteiger partial charge in [-0.3, -0.25) is 29.1 Å². The fourth-order valence-corrected chi connectivity index (χ4v) is 13.5. The molecule has 0 saturated heterocycles. The highest BCUT2D eigenvalue weighted by molar-refractivity contribution is 5.83. The van der Waals surface area contributed by atoms with Crippen LogP contribution in [0.2, 0.25) is 0 Å². The van der Waals surface area contributed by atoms with Gasteiger partial charge >= 0.3 is 24.1 Å². The molecule has 118 heavy (non-hydrogen) atoms. The fourth-order valence-electron chi connectivity index (χ4n) is 13.5. The Kier molecular flexibility index (Phi) is 40.3. The van der Waals surface area contributed by atoms with Crippen LogP contribution in [-0.2, 0) is 73.6 Å². The van der Waals surface area contributed by atoms with Gasteiger partial charge < -0.3 is 76.3 Å². The van der Waals surface area contributed by atoms with Crippen LogP contribution < -0.4 is 43.0 Å². The number of carboxylic acids is 2. The van der Waals surface area contributed by atoms with Crippen LogP contribution in [0.5, 0.6) is 0 Å². The summed E-state index contributed by atoms with van der Waals surface area (Å²) in [5, 5.41) is 24.5. The van der Waals surface area contributed by atoms with Crippen LogP contribution in [0.3, 0.4) is 0 Å². The summed E-state index contributed by atoms with van der Waals surface area (Å²) in [6.45, 7) is 21.0. The zero-order chi connectivity index (χ0) is 86.3. The Hall–Kier alpha value is -10.7. The molecule has 0 unspecified atom stereocenters. The molecule has 11 N–H and O–H groups in total. The summed E-state index contributed by atoms with van der Waals surface area (Å²) in [6, 6.07) is 14.0. The molecule has 0 aliphatic heterocycles. The maximum atomic E-state index is 12.8. The molecule has 7 aromatic heterocycles. The van der Waals surface area contributed by atoms with Crippen molar-refractivity contribution >= 4 is 47.5 Å². The van der Waals surface area contributed by atoms with E-state index in [2.05, 4.69) is 110 Å². The molecule has 0 atom stereocenters. The van der Waals surface area contributed by atoms with E-state index >= 15 is 0 Å². The highest BCUT2D eigenvalue weighted by Gasteiger charge is 2.29. The molecule has 30 heteroatoms. The second-order valence-electron chi connectivity index (χ2n) is 32.2. The van der Waals surface area contributed by atoms with E-state index in [1.54, 1.807) is 65.9 Å². The minimum Gasteiger partial charge on any atom is -0.481 e. The molecule has 0 spiro atoms. The van der Waals surface area contributed by atoms with Crippen LogP contribution in [0.25, 0.3) is 23.0 Å². The summed E-state index contributed by atoms with van der Waals surface area (Å²) in [5.41, 5.74) is 24.3. The number of nitrogens with zero attached hydrogens (tertiary/aromatic N) is 14. The number of anilines is 2. The average Bonchev–Trinajstić information content (AvgIpc) is 1.63. The summed E-state index contributed by atoms with van der Waals surface area (Å²) in [6.07, 6.45) is 45.1. The zero-order valence-corrected chi connectivity index (χ0v) is 71.8. The predicted molar refractivity (Wildman–Crippen MR) is 460 cm³/mol. The standard InChI is InChI=1S/C26H32N6O.C15H16N4O2.C11H18N2O3.C11H18N2.C10H17N3.C8H15NO4.C4H9N.C3H5N/c1-18-16-28-24(32(18)19-8-5-9-19)14-6-10-20(33)17-31(2)26-21-11-7-13-22(21)29-25(30-26)23-12-3-4-15-27-23;1-19(9-13(20)21)15-10-5-4-7-11(10)17-14(18-15)12-6-2-3-8-16-12;1-5-7-12-9(14)6-8-13-10(15)16-11(2,3)4;1-3-5-11-12-8-9(2)13(11)10-6-4-7-10;1-8-7-12-10(5-6-11)13(8)9-3-2-4-9;1-8(2,3)13-7(12)9-5-4-6(10)11;5-4-2-1-3-4;1-2-3-4/h3-4,12,15-16,19H,5-11,13-14,17H2,1-2H3;2-3,6,8H,4-5,7,9H2,1H3,(H,20,21);1H,6-8H2,2-4H3,(H,12,14)(H,13,15);8,10H,3-7H2,1-2H3;7,9H,2-6,11H2,1H3;4-5H2,1-3H3,(H,9,12)(H,10,11);4H,1-3,5H2;1H,3-4H2. The molecule has 7 aromatic rings. The van der Waals surface area contributed by atoms with Crippen molar-refractivity contribution in [2.75, 3.05) is 69.7 Å². The summed E-state index contributed by atoms with van der Waals surface area (Å²) in [5.74, 6) is 9.09. The Balaban J connectivity index is 0.000000223.